The zero-order chi connectivity index (χ0) is 16.4. The van der Waals surface area contributed by atoms with Crippen LogP contribution >= 0.6 is 0 Å². The summed E-state index contributed by atoms with van der Waals surface area (Å²) in [7, 11) is 0. The largest absolute Gasteiger partial charge is 0.494 e. The molecular weight excluding hydrogens is 301 g/mol. The standard InChI is InChI=1S/C19H15F3O/c1-2-23-18-9-6-13(7-10-18)14-3-4-16-12-17(19(20,21)22)8-5-15(16)11-14/h3-12H,2H2,1H3. The Morgan fingerprint density at radius 1 is 0.783 bits per heavy atom. The third-order valence-corrected chi connectivity index (χ3v) is 3.67. The molecule has 0 N–H and O–H groups in total. The van der Waals surface area contributed by atoms with Crippen molar-refractivity contribution < 1.29 is 17.9 Å². The summed E-state index contributed by atoms with van der Waals surface area (Å²) in [6, 6.07) is 16.9. The molecule has 3 aromatic rings. The van der Waals surface area contributed by atoms with Crippen molar-refractivity contribution in [2.45, 2.75) is 13.1 Å². The fraction of sp³-hybridized carbons (Fsp3) is 0.158. The monoisotopic (exact) mass is 316 g/mol. The number of alkyl halides is 3. The molecule has 3 aromatic carbocycles. The van der Waals surface area contributed by atoms with Crippen LogP contribution in [0.4, 0.5) is 13.2 Å². The van der Waals surface area contributed by atoms with E-state index in [9.17, 15) is 13.2 Å². The van der Waals surface area contributed by atoms with Gasteiger partial charge in [-0.15, -0.1) is 0 Å². The van der Waals surface area contributed by atoms with E-state index in [1.807, 2.05) is 43.3 Å². The molecule has 0 amide bonds. The first-order valence-corrected chi connectivity index (χ1v) is 7.31. The van der Waals surface area contributed by atoms with Crippen LogP contribution in [-0.2, 0) is 6.18 Å². The SMILES string of the molecule is CCOc1ccc(-c2ccc3cc(C(F)(F)F)ccc3c2)cc1. The summed E-state index contributed by atoms with van der Waals surface area (Å²) in [5.41, 5.74) is 1.33. The molecule has 23 heavy (non-hydrogen) atoms. The van der Waals surface area contributed by atoms with Crippen LogP contribution in [0.3, 0.4) is 0 Å². The van der Waals surface area contributed by atoms with E-state index in [-0.39, 0.29) is 0 Å². The Morgan fingerprint density at radius 3 is 2.04 bits per heavy atom. The minimum atomic E-state index is -4.32. The van der Waals surface area contributed by atoms with E-state index in [2.05, 4.69) is 0 Å². The van der Waals surface area contributed by atoms with E-state index in [0.29, 0.717) is 12.0 Å². The molecule has 0 saturated heterocycles. The molecule has 1 nitrogen and oxygen atoms in total. The second-order valence-corrected chi connectivity index (χ2v) is 5.23. The lowest BCUT2D eigenvalue weighted by atomic mass is 10.00. The van der Waals surface area contributed by atoms with Crippen molar-refractivity contribution in [3.63, 3.8) is 0 Å². The van der Waals surface area contributed by atoms with Crippen molar-refractivity contribution in [1.82, 2.24) is 0 Å². The predicted molar refractivity (Wildman–Crippen MR) is 85.6 cm³/mol. The lowest BCUT2D eigenvalue weighted by molar-refractivity contribution is -0.137. The Labute approximate surface area is 132 Å². The normalized spacial score (nSPS) is 11.7. The van der Waals surface area contributed by atoms with Crippen LogP contribution in [0.1, 0.15) is 12.5 Å². The molecule has 0 unspecified atom stereocenters. The second kappa shape index (κ2) is 5.95. The molecule has 0 aromatic heterocycles. The molecule has 0 fully saturated rings. The summed E-state index contributed by atoms with van der Waals surface area (Å²) >= 11 is 0. The number of hydrogen-bond donors (Lipinski definition) is 0. The molecule has 0 bridgehead atoms. The van der Waals surface area contributed by atoms with E-state index in [1.165, 1.54) is 12.1 Å². The Bertz CT molecular complexity index is 820. The van der Waals surface area contributed by atoms with Crippen molar-refractivity contribution in [2.24, 2.45) is 0 Å². The summed E-state index contributed by atoms with van der Waals surface area (Å²) in [4.78, 5) is 0. The van der Waals surface area contributed by atoms with E-state index in [0.717, 1.165) is 28.3 Å². The first-order chi connectivity index (χ1) is 11.0. The Kier molecular flexibility index (Phi) is 3.99. The molecule has 0 atom stereocenters. The molecule has 0 heterocycles. The van der Waals surface area contributed by atoms with Crippen LogP contribution in [0.25, 0.3) is 21.9 Å². The molecule has 0 aliphatic rings. The summed E-state index contributed by atoms with van der Waals surface area (Å²) in [6.45, 7) is 2.53. The van der Waals surface area contributed by atoms with Gasteiger partial charge in [0.1, 0.15) is 5.75 Å². The molecule has 0 aliphatic carbocycles. The van der Waals surface area contributed by atoms with Gasteiger partial charge in [-0.05, 0) is 59.2 Å². The highest BCUT2D eigenvalue weighted by atomic mass is 19.4. The van der Waals surface area contributed by atoms with Gasteiger partial charge >= 0.3 is 6.18 Å². The Morgan fingerprint density at radius 2 is 1.39 bits per heavy atom. The average molecular weight is 316 g/mol. The smallest absolute Gasteiger partial charge is 0.416 e. The lowest BCUT2D eigenvalue weighted by Gasteiger charge is -2.09. The van der Waals surface area contributed by atoms with Crippen molar-refractivity contribution in [1.29, 1.82) is 0 Å². The highest BCUT2D eigenvalue weighted by molar-refractivity contribution is 5.88. The van der Waals surface area contributed by atoms with Crippen LogP contribution < -0.4 is 4.74 Å². The fourth-order valence-corrected chi connectivity index (χ4v) is 2.51. The van der Waals surface area contributed by atoms with Crippen LogP contribution in [0.15, 0.2) is 60.7 Å². The quantitative estimate of drug-likeness (QED) is 0.582. The van der Waals surface area contributed by atoms with Crippen LogP contribution in [0.2, 0.25) is 0 Å². The topological polar surface area (TPSA) is 9.23 Å². The van der Waals surface area contributed by atoms with Gasteiger partial charge in [-0.2, -0.15) is 13.2 Å². The first-order valence-electron chi connectivity index (χ1n) is 7.31. The second-order valence-electron chi connectivity index (χ2n) is 5.23. The van der Waals surface area contributed by atoms with Gasteiger partial charge in [-0.3, -0.25) is 0 Å². The summed E-state index contributed by atoms with van der Waals surface area (Å²) in [6.07, 6.45) is -4.32. The van der Waals surface area contributed by atoms with Crippen LogP contribution in [0, 0.1) is 0 Å². The number of benzene rings is 3. The van der Waals surface area contributed by atoms with Gasteiger partial charge in [-0.1, -0.05) is 30.3 Å². The Hall–Kier alpha value is -2.49. The zero-order valence-electron chi connectivity index (χ0n) is 12.5. The minimum Gasteiger partial charge on any atom is -0.494 e. The highest BCUT2D eigenvalue weighted by Crippen LogP contribution is 2.33. The van der Waals surface area contributed by atoms with Gasteiger partial charge in [0.25, 0.3) is 0 Å². The van der Waals surface area contributed by atoms with Gasteiger partial charge in [0.2, 0.25) is 0 Å². The zero-order valence-corrected chi connectivity index (χ0v) is 12.5. The summed E-state index contributed by atoms with van der Waals surface area (Å²) in [5.74, 6) is 0.798. The molecule has 0 saturated carbocycles. The number of hydrogen-bond acceptors (Lipinski definition) is 1. The van der Waals surface area contributed by atoms with E-state index < -0.39 is 11.7 Å². The first kappa shape index (κ1) is 15.4. The molecule has 0 radical (unpaired) electrons. The van der Waals surface area contributed by atoms with Crippen LogP contribution in [-0.4, -0.2) is 6.61 Å². The number of fused-ring (bicyclic) bond motifs is 1. The van der Waals surface area contributed by atoms with Crippen LogP contribution in [0.5, 0.6) is 5.75 Å². The molecule has 0 aliphatic heterocycles. The van der Waals surface area contributed by atoms with Gasteiger partial charge in [-0.25, -0.2) is 0 Å². The molecule has 118 valence electrons. The van der Waals surface area contributed by atoms with Gasteiger partial charge < -0.3 is 4.74 Å². The number of halogens is 3. The molecular formula is C19H15F3O. The maximum Gasteiger partial charge on any atom is 0.416 e. The number of rotatable bonds is 3. The molecule has 3 rings (SSSR count). The third-order valence-electron chi connectivity index (χ3n) is 3.67. The average Bonchev–Trinajstić information content (AvgIpc) is 2.54. The summed E-state index contributed by atoms with van der Waals surface area (Å²) < 4.78 is 43.7. The number of ether oxygens (including phenoxy) is 1. The van der Waals surface area contributed by atoms with Gasteiger partial charge in [0.15, 0.2) is 0 Å². The summed E-state index contributed by atoms with van der Waals surface area (Å²) in [5, 5.41) is 1.36. The van der Waals surface area contributed by atoms with Crippen molar-refractivity contribution >= 4 is 10.8 Å². The lowest BCUT2D eigenvalue weighted by Crippen LogP contribution is -2.04. The van der Waals surface area contributed by atoms with E-state index in [1.54, 1.807) is 6.07 Å². The third kappa shape index (κ3) is 3.31. The predicted octanol–water partition coefficient (Wildman–Crippen LogP) is 5.92. The van der Waals surface area contributed by atoms with Crippen molar-refractivity contribution in [3.8, 4) is 16.9 Å². The van der Waals surface area contributed by atoms with Gasteiger partial charge in [0.05, 0.1) is 12.2 Å². The molecule has 4 heteroatoms. The fourth-order valence-electron chi connectivity index (χ4n) is 2.51. The molecule has 0 spiro atoms. The van der Waals surface area contributed by atoms with Crippen molar-refractivity contribution in [2.75, 3.05) is 6.61 Å². The minimum absolute atomic E-state index is 0.578. The maximum atomic E-state index is 12.7. The van der Waals surface area contributed by atoms with Crippen molar-refractivity contribution in [3.05, 3.63) is 66.2 Å². The van der Waals surface area contributed by atoms with E-state index >= 15 is 0 Å². The maximum absolute atomic E-state index is 12.7. The van der Waals surface area contributed by atoms with Gasteiger partial charge in [0, 0.05) is 0 Å². The highest BCUT2D eigenvalue weighted by Gasteiger charge is 2.30. The Balaban J connectivity index is 1.96. The van der Waals surface area contributed by atoms with E-state index in [4.69, 9.17) is 4.74 Å².